The van der Waals surface area contributed by atoms with Crippen LogP contribution in [0.1, 0.15) is 49.0 Å². The Hall–Kier alpha value is -4.71. The number of halogens is 2. The fourth-order valence-electron chi connectivity index (χ4n) is 5.67. The molecule has 0 atom stereocenters. The number of aryl methyl sites for hydroxylation is 1. The Balaban J connectivity index is 1.43. The Bertz CT molecular complexity index is 1890. The average molecular weight is 704 g/mol. The number of hydrogen-bond donors (Lipinski definition) is 4. The first-order chi connectivity index (χ1) is 23.7. The summed E-state index contributed by atoms with van der Waals surface area (Å²) in [4.78, 5) is 45.7. The van der Waals surface area contributed by atoms with E-state index < -0.39 is 11.6 Å². The van der Waals surface area contributed by atoms with E-state index in [1.54, 1.807) is 6.92 Å². The van der Waals surface area contributed by atoms with Gasteiger partial charge in [0.1, 0.15) is 5.69 Å². The van der Waals surface area contributed by atoms with E-state index in [9.17, 15) is 14.4 Å². The van der Waals surface area contributed by atoms with Gasteiger partial charge in [-0.15, -0.1) is 0 Å². The third-order valence-electron chi connectivity index (χ3n) is 8.20. The van der Waals surface area contributed by atoms with Gasteiger partial charge in [-0.25, -0.2) is 9.48 Å². The Morgan fingerprint density at radius 3 is 2.31 bits per heavy atom. The van der Waals surface area contributed by atoms with E-state index in [1.165, 1.54) is 42.4 Å². The molecule has 0 bridgehead atoms. The fourth-order valence-corrected chi connectivity index (χ4v) is 6.13. The summed E-state index contributed by atoms with van der Waals surface area (Å²) in [6.45, 7) is 12.5. The van der Waals surface area contributed by atoms with Crippen molar-refractivity contribution in [1.29, 1.82) is 0 Å². The lowest BCUT2D eigenvalue weighted by Gasteiger charge is -2.26. The molecule has 0 spiro atoms. The highest BCUT2D eigenvalue weighted by Crippen LogP contribution is 2.30. The van der Waals surface area contributed by atoms with Crippen molar-refractivity contribution in [3.63, 3.8) is 0 Å². The molecule has 1 aliphatic rings. The number of carbonyl (C=O) groups excluding carboxylic acids is 2. The van der Waals surface area contributed by atoms with Gasteiger partial charge in [0.05, 0.1) is 21.4 Å². The topological polar surface area (TPSA) is 133 Å². The molecule has 1 fully saturated rings. The van der Waals surface area contributed by atoms with E-state index in [4.69, 9.17) is 23.2 Å². The summed E-state index contributed by atoms with van der Waals surface area (Å²) < 4.78 is 1.28. The van der Waals surface area contributed by atoms with Crippen molar-refractivity contribution in [3.8, 4) is 22.4 Å². The molecule has 0 saturated carbocycles. The zero-order chi connectivity index (χ0) is 34.9. The third kappa shape index (κ3) is 9.05. The molecule has 4 N–H and O–H groups in total. The van der Waals surface area contributed by atoms with Crippen LogP contribution in [-0.4, -0.2) is 64.3 Å². The minimum Gasteiger partial charge on any atom is -0.385 e. The number of carbonyl (C=O) groups is 2. The van der Waals surface area contributed by atoms with Gasteiger partial charge in [-0.2, -0.15) is 5.10 Å². The molecule has 2 aromatic heterocycles. The Morgan fingerprint density at radius 1 is 0.878 bits per heavy atom. The van der Waals surface area contributed by atoms with E-state index >= 15 is 0 Å². The number of likely N-dealkylation sites (tertiary alicyclic amines) is 1. The van der Waals surface area contributed by atoms with Crippen molar-refractivity contribution in [2.24, 2.45) is 0 Å². The molecule has 2 aromatic carbocycles. The molecule has 0 unspecified atom stereocenters. The number of amides is 3. The van der Waals surface area contributed by atoms with Crippen molar-refractivity contribution in [2.75, 3.05) is 43.4 Å². The van der Waals surface area contributed by atoms with Crippen molar-refractivity contribution in [1.82, 2.24) is 30.3 Å². The predicted molar refractivity (Wildman–Crippen MR) is 197 cm³/mol. The van der Waals surface area contributed by atoms with Gasteiger partial charge < -0.3 is 26.2 Å². The van der Waals surface area contributed by atoms with Gasteiger partial charge in [-0.1, -0.05) is 54.4 Å². The maximum atomic E-state index is 13.4. The summed E-state index contributed by atoms with van der Waals surface area (Å²) in [5, 5.41) is 16.4. The van der Waals surface area contributed by atoms with Gasteiger partial charge in [0.25, 0.3) is 11.5 Å². The maximum absolute atomic E-state index is 13.4. The number of anilines is 2. The minimum atomic E-state index is -0.708. The van der Waals surface area contributed by atoms with Gasteiger partial charge in [0.2, 0.25) is 0 Å². The second-order valence-corrected chi connectivity index (χ2v) is 12.5. The number of piperidine rings is 1. The summed E-state index contributed by atoms with van der Waals surface area (Å²) >= 11 is 12.3. The molecule has 3 heterocycles. The lowest BCUT2D eigenvalue weighted by molar-refractivity contribution is 0.0946. The van der Waals surface area contributed by atoms with Crippen LogP contribution in [0.5, 0.6) is 0 Å². The average Bonchev–Trinajstić information content (AvgIpc) is 3.11. The number of nitrogens with one attached hydrogen (secondary N) is 4. The van der Waals surface area contributed by atoms with Crippen molar-refractivity contribution < 1.29 is 9.59 Å². The number of pyridine rings is 1. The quantitative estimate of drug-likeness (QED) is 0.129. The molecule has 0 aliphatic carbocycles. The molecule has 13 heteroatoms. The van der Waals surface area contributed by atoms with Gasteiger partial charge in [-0.3, -0.25) is 14.6 Å². The fraction of sp³-hybridized carbons (Fsp3) is 0.306. The predicted octanol–water partition coefficient (Wildman–Crippen LogP) is 6.74. The van der Waals surface area contributed by atoms with Crippen LogP contribution in [0.25, 0.3) is 28.1 Å². The first kappa shape index (κ1) is 35.6. The smallest absolute Gasteiger partial charge is 0.323 e. The van der Waals surface area contributed by atoms with E-state index in [0.29, 0.717) is 35.6 Å². The molecule has 4 aromatic rings. The number of urea groups is 1. The first-order valence-electron chi connectivity index (χ1n) is 16.4. The summed E-state index contributed by atoms with van der Waals surface area (Å²) in [6.07, 6.45) is 6.36. The van der Waals surface area contributed by atoms with Crippen LogP contribution >= 0.6 is 23.2 Å². The van der Waals surface area contributed by atoms with E-state index in [1.807, 2.05) is 49.4 Å². The summed E-state index contributed by atoms with van der Waals surface area (Å²) in [5.74, 6) is -0.152. The molecular formula is C36H40Cl2N8O3. The van der Waals surface area contributed by atoms with Gasteiger partial charge in [0.15, 0.2) is 0 Å². The Labute approximate surface area is 295 Å². The standard InChI is InChI=1S/C36H40Cl2N8O3/c1-4-40-23(3)26-17-27(19-28(18-26)34(47)41-12-15-45-13-7-6-8-14-45)24-10-9-11-25(16-24)31-20-32(35(48)46(5-2)44-31)42-36(49)43-33-29(37)21-39-22-30(33)38/h9-11,16-22,40H,3-8,12-15H2,1-2H3,(H,41,47)(H2,39,42,43,49). The van der Waals surface area contributed by atoms with Crippen LogP contribution in [0.4, 0.5) is 16.2 Å². The number of aromatic nitrogens is 3. The Kier molecular flexibility index (Phi) is 12.1. The molecule has 256 valence electrons. The van der Waals surface area contributed by atoms with Gasteiger partial charge in [0, 0.05) is 55.4 Å². The zero-order valence-electron chi connectivity index (χ0n) is 27.6. The van der Waals surface area contributed by atoms with Gasteiger partial charge >= 0.3 is 6.03 Å². The van der Waals surface area contributed by atoms with Crippen LogP contribution in [0.3, 0.4) is 0 Å². The molecule has 3 amide bonds. The van der Waals surface area contributed by atoms with Crippen LogP contribution in [0, 0.1) is 0 Å². The Morgan fingerprint density at radius 2 is 1.59 bits per heavy atom. The summed E-state index contributed by atoms with van der Waals surface area (Å²) in [7, 11) is 0. The minimum absolute atomic E-state index is 0.0171. The number of benzene rings is 2. The highest BCUT2D eigenvalue weighted by molar-refractivity contribution is 6.39. The second-order valence-electron chi connectivity index (χ2n) is 11.7. The first-order valence-corrected chi connectivity index (χ1v) is 17.1. The normalized spacial score (nSPS) is 13.1. The number of nitrogens with zero attached hydrogens (tertiary/aromatic N) is 4. The van der Waals surface area contributed by atoms with Crippen molar-refractivity contribution in [3.05, 3.63) is 99.0 Å². The molecular weight excluding hydrogens is 663 g/mol. The lowest BCUT2D eigenvalue weighted by Crippen LogP contribution is -2.37. The van der Waals surface area contributed by atoms with E-state index in [0.717, 1.165) is 36.3 Å². The summed E-state index contributed by atoms with van der Waals surface area (Å²) in [5.41, 5.74) is 4.55. The SMILES string of the molecule is C=C(NCC)c1cc(C(=O)NCCN2CCCCC2)cc(-c2cccc(-c3cc(NC(=O)Nc4c(Cl)cncc4Cl)c(=O)n(CC)n3)c2)c1. The summed E-state index contributed by atoms with van der Waals surface area (Å²) in [6, 6.07) is 14.1. The van der Waals surface area contributed by atoms with Crippen molar-refractivity contribution >= 4 is 52.2 Å². The molecule has 49 heavy (non-hydrogen) atoms. The molecule has 0 radical (unpaired) electrons. The number of rotatable bonds is 12. The third-order valence-corrected chi connectivity index (χ3v) is 8.77. The lowest BCUT2D eigenvalue weighted by atomic mass is 9.96. The molecule has 1 saturated heterocycles. The molecule has 1 aliphatic heterocycles. The monoisotopic (exact) mass is 702 g/mol. The van der Waals surface area contributed by atoms with E-state index in [-0.39, 0.29) is 33.9 Å². The van der Waals surface area contributed by atoms with Crippen molar-refractivity contribution in [2.45, 2.75) is 39.7 Å². The number of hydrogen-bond acceptors (Lipinski definition) is 7. The second kappa shape index (κ2) is 16.6. The molecule has 5 rings (SSSR count). The largest absolute Gasteiger partial charge is 0.385 e. The molecule has 11 nitrogen and oxygen atoms in total. The van der Waals surface area contributed by atoms with Crippen LogP contribution in [0.15, 0.2) is 72.3 Å². The van der Waals surface area contributed by atoms with Crippen LogP contribution in [-0.2, 0) is 6.54 Å². The van der Waals surface area contributed by atoms with Gasteiger partial charge in [-0.05, 0) is 86.8 Å². The zero-order valence-corrected chi connectivity index (χ0v) is 29.1. The highest BCUT2D eigenvalue weighted by Gasteiger charge is 2.17. The van der Waals surface area contributed by atoms with Crippen LogP contribution in [0.2, 0.25) is 10.0 Å². The van der Waals surface area contributed by atoms with Crippen LogP contribution < -0.4 is 26.8 Å². The highest BCUT2D eigenvalue weighted by atomic mass is 35.5. The maximum Gasteiger partial charge on any atom is 0.323 e. The van der Waals surface area contributed by atoms with E-state index in [2.05, 4.69) is 42.8 Å².